The molecule has 0 spiro atoms. The van der Waals surface area contributed by atoms with Crippen LogP contribution in [-0.2, 0) is 32.2 Å². The van der Waals surface area contributed by atoms with E-state index in [4.69, 9.17) is 0 Å². The largest absolute Gasteiger partial charge is 0.416 e. The molecule has 1 aromatic heterocycles. The third-order valence-corrected chi connectivity index (χ3v) is 4.40. The Morgan fingerprint density at radius 1 is 1.15 bits per heavy atom. The van der Waals surface area contributed by atoms with Crippen molar-refractivity contribution in [2.75, 3.05) is 6.54 Å². The molecule has 0 saturated carbocycles. The summed E-state index contributed by atoms with van der Waals surface area (Å²) in [7, 11) is 0. The minimum Gasteiger partial charge on any atom is -0.357 e. The van der Waals surface area contributed by atoms with E-state index in [1.807, 2.05) is 6.92 Å². The van der Waals surface area contributed by atoms with E-state index in [0.717, 1.165) is 49.6 Å². The molecule has 0 saturated heterocycles. The molecule has 2 N–H and O–H groups in total. The van der Waals surface area contributed by atoms with E-state index in [0.29, 0.717) is 24.6 Å². The van der Waals surface area contributed by atoms with Crippen molar-refractivity contribution in [3.8, 4) is 0 Å². The average molecular weight is 380 g/mol. The number of rotatable bonds is 5. The molecule has 2 aromatic rings. The molecule has 1 aliphatic rings. The van der Waals surface area contributed by atoms with Gasteiger partial charge >= 0.3 is 6.18 Å². The van der Waals surface area contributed by atoms with Gasteiger partial charge in [-0.15, -0.1) is 10.2 Å². The molecular formula is C18H23F3N6. The molecule has 1 aliphatic heterocycles. The van der Waals surface area contributed by atoms with Crippen LogP contribution in [0.25, 0.3) is 0 Å². The van der Waals surface area contributed by atoms with Gasteiger partial charge in [0.2, 0.25) is 0 Å². The number of guanidine groups is 1. The molecule has 0 aliphatic carbocycles. The van der Waals surface area contributed by atoms with Crippen LogP contribution < -0.4 is 10.6 Å². The third-order valence-electron chi connectivity index (χ3n) is 4.40. The third kappa shape index (κ3) is 4.99. The van der Waals surface area contributed by atoms with Crippen molar-refractivity contribution >= 4 is 5.96 Å². The highest BCUT2D eigenvalue weighted by molar-refractivity contribution is 5.79. The topological polar surface area (TPSA) is 67.1 Å². The highest BCUT2D eigenvalue weighted by Crippen LogP contribution is 2.29. The molecule has 146 valence electrons. The second-order valence-corrected chi connectivity index (χ2v) is 6.38. The number of aliphatic imine (C=N–C) groups is 1. The van der Waals surface area contributed by atoms with Crippen molar-refractivity contribution in [1.82, 2.24) is 25.4 Å². The number of alkyl halides is 3. The highest BCUT2D eigenvalue weighted by Gasteiger charge is 2.29. The van der Waals surface area contributed by atoms with Crippen LogP contribution in [0.3, 0.4) is 0 Å². The zero-order valence-electron chi connectivity index (χ0n) is 15.2. The summed E-state index contributed by atoms with van der Waals surface area (Å²) in [6.45, 7) is 4.33. The maximum atomic E-state index is 12.6. The minimum atomic E-state index is -4.32. The Labute approximate surface area is 155 Å². The normalized spacial score (nSPS) is 14.7. The summed E-state index contributed by atoms with van der Waals surface area (Å²) in [6, 6.07) is 5.05. The van der Waals surface area contributed by atoms with Crippen LogP contribution in [0.5, 0.6) is 0 Å². The summed E-state index contributed by atoms with van der Waals surface area (Å²) < 4.78 is 40.0. The summed E-state index contributed by atoms with van der Waals surface area (Å²) in [5.41, 5.74) is 0.0527. The molecule has 0 unspecified atom stereocenters. The number of fused-ring (bicyclic) bond motifs is 1. The Balaban J connectivity index is 1.62. The van der Waals surface area contributed by atoms with Gasteiger partial charge in [0.05, 0.1) is 18.7 Å². The summed E-state index contributed by atoms with van der Waals surface area (Å²) in [5.74, 6) is 2.47. The Kier molecular flexibility index (Phi) is 5.98. The van der Waals surface area contributed by atoms with E-state index >= 15 is 0 Å². The van der Waals surface area contributed by atoms with Crippen molar-refractivity contribution in [2.45, 2.75) is 52.0 Å². The number of hydrogen-bond acceptors (Lipinski definition) is 3. The van der Waals surface area contributed by atoms with Gasteiger partial charge in [0.1, 0.15) is 5.82 Å². The Morgan fingerprint density at radius 3 is 2.63 bits per heavy atom. The molecule has 6 nitrogen and oxygen atoms in total. The average Bonchev–Trinajstić information content (AvgIpc) is 3.07. The first-order valence-corrected chi connectivity index (χ1v) is 9.06. The predicted molar refractivity (Wildman–Crippen MR) is 96.1 cm³/mol. The maximum Gasteiger partial charge on any atom is 0.416 e. The lowest BCUT2D eigenvalue weighted by Gasteiger charge is -2.16. The molecule has 0 radical (unpaired) electrons. The van der Waals surface area contributed by atoms with Crippen LogP contribution in [0.2, 0.25) is 0 Å². The van der Waals surface area contributed by atoms with Crippen LogP contribution in [0, 0.1) is 0 Å². The number of nitrogens with zero attached hydrogens (tertiary/aromatic N) is 4. The van der Waals surface area contributed by atoms with Gasteiger partial charge in [0.25, 0.3) is 0 Å². The van der Waals surface area contributed by atoms with Gasteiger partial charge in [-0.2, -0.15) is 13.2 Å². The van der Waals surface area contributed by atoms with Gasteiger partial charge in [0.15, 0.2) is 11.8 Å². The van der Waals surface area contributed by atoms with Gasteiger partial charge in [-0.3, -0.25) is 0 Å². The maximum absolute atomic E-state index is 12.6. The van der Waals surface area contributed by atoms with E-state index < -0.39 is 11.7 Å². The summed E-state index contributed by atoms with van der Waals surface area (Å²) in [6.07, 6.45) is -1.10. The second kappa shape index (κ2) is 8.41. The number of aromatic nitrogens is 3. The van der Waals surface area contributed by atoms with Gasteiger partial charge in [-0.1, -0.05) is 12.1 Å². The zero-order valence-corrected chi connectivity index (χ0v) is 15.2. The number of benzene rings is 1. The molecule has 0 atom stereocenters. The first kappa shape index (κ1) is 19.2. The van der Waals surface area contributed by atoms with Gasteiger partial charge in [-0.05, 0) is 37.5 Å². The zero-order chi connectivity index (χ0) is 19.3. The summed E-state index contributed by atoms with van der Waals surface area (Å²) >= 11 is 0. The Morgan fingerprint density at radius 2 is 1.93 bits per heavy atom. The van der Waals surface area contributed by atoms with Crippen LogP contribution in [0.1, 0.15) is 42.5 Å². The summed E-state index contributed by atoms with van der Waals surface area (Å²) in [5, 5.41) is 14.8. The number of hydrogen-bond donors (Lipinski definition) is 2. The molecule has 0 bridgehead atoms. The van der Waals surface area contributed by atoms with Gasteiger partial charge < -0.3 is 15.2 Å². The van der Waals surface area contributed by atoms with Crippen molar-refractivity contribution in [3.05, 3.63) is 47.0 Å². The fraction of sp³-hybridized carbons (Fsp3) is 0.500. The van der Waals surface area contributed by atoms with Crippen molar-refractivity contribution in [3.63, 3.8) is 0 Å². The SMILES string of the molecule is CCNC(=NCc1ccc(C(F)(F)F)cc1)NCc1nnc2n1CCCC2. The molecule has 1 aromatic carbocycles. The molecule has 2 heterocycles. The predicted octanol–water partition coefficient (Wildman–Crippen LogP) is 2.89. The van der Waals surface area contributed by atoms with Crippen molar-refractivity contribution < 1.29 is 13.2 Å². The minimum absolute atomic E-state index is 0.283. The fourth-order valence-corrected chi connectivity index (χ4v) is 2.97. The lowest BCUT2D eigenvalue weighted by Crippen LogP contribution is -2.37. The summed E-state index contributed by atoms with van der Waals surface area (Å²) in [4.78, 5) is 4.44. The first-order valence-electron chi connectivity index (χ1n) is 9.06. The van der Waals surface area contributed by atoms with E-state index in [9.17, 15) is 13.2 Å². The van der Waals surface area contributed by atoms with E-state index in [1.165, 1.54) is 12.1 Å². The lowest BCUT2D eigenvalue weighted by molar-refractivity contribution is -0.137. The van der Waals surface area contributed by atoms with Crippen LogP contribution in [-0.4, -0.2) is 27.3 Å². The molecule has 0 amide bonds. The monoisotopic (exact) mass is 380 g/mol. The van der Waals surface area contributed by atoms with Crippen molar-refractivity contribution in [1.29, 1.82) is 0 Å². The fourth-order valence-electron chi connectivity index (χ4n) is 2.97. The highest BCUT2D eigenvalue weighted by atomic mass is 19.4. The lowest BCUT2D eigenvalue weighted by atomic mass is 10.1. The van der Waals surface area contributed by atoms with Gasteiger partial charge in [0, 0.05) is 19.5 Å². The number of halogens is 3. The first-order chi connectivity index (χ1) is 13.0. The Bertz CT molecular complexity index is 779. The van der Waals surface area contributed by atoms with E-state index in [1.54, 1.807) is 0 Å². The second-order valence-electron chi connectivity index (χ2n) is 6.38. The van der Waals surface area contributed by atoms with Gasteiger partial charge in [-0.25, -0.2) is 4.99 Å². The number of aryl methyl sites for hydroxylation is 1. The van der Waals surface area contributed by atoms with E-state index in [2.05, 4.69) is 30.4 Å². The molecule has 27 heavy (non-hydrogen) atoms. The van der Waals surface area contributed by atoms with Crippen LogP contribution in [0.15, 0.2) is 29.3 Å². The van der Waals surface area contributed by atoms with E-state index in [-0.39, 0.29) is 6.54 Å². The molecule has 3 rings (SSSR count). The molecular weight excluding hydrogens is 357 g/mol. The molecule has 9 heteroatoms. The van der Waals surface area contributed by atoms with Crippen LogP contribution in [0.4, 0.5) is 13.2 Å². The smallest absolute Gasteiger partial charge is 0.357 e. The molecule has 0 fully saturated rings. The Hall–Kier alpha value is -2.58. The van der Waals surface area contributed by atoms with Crippen molar-refractivity contribution in [2.24, 2.45) is 4.99 Å². The number of nitrogens with one attached hydrogen (secondary N) is 2. The standard InChI is InChI=1S/C18H23F3N6/c1-2-22-17(23-11-13-6-8-14(9-7-13)18(19,20)21)24-12-16-26-25-15-5-3-4-10-27(15)16/h6-9H,2-5,10-12H2,1H3,(H2,22,23,24). The van der Waals surface area contributed by atoms with Crippen LogP contribution >= 0.6 is 0 Å². The quantitative estimate of drug-likeness (QED) is 0.618.